The molecule has 160 valence electrons. The number of carbonyl (C=O) groups excluding carboxylic acids is 4. The van der Waals surface area contributed by atoms with E-state index in [1.165, 1.54) is 6.92 Å². The molecule has 0 aliphatic carbocycles. The number of carboxylic acids is 1. The maximum Gasteiger partial charge on any atom is 0.326 e. The highest BCUT2D eigenvalue weighted by molar-refractivity contribution is 5.94. The standard InChI is InChI=1S/C16H29N5O7/c1-7(2)4-10(15(26)21-11(16(27)28)5-12(18)23)20-13(24)8(3)19-14(25)9(17)6-22/h7-11,22H,4-6,17H2,1-3H3,(H2,18,23)(H,19,25)(H,20,24)(H,21,26)(H,27,28)/t8-,9-,10-,11-/m0/s1. The van der Waals surface area contributed by atoms with E-state index in [1.807, 2.05) is 0 Å². The molecule has 0 bridgehead atoms. The van der Waals surface area contributed by atoms with Crippen molar-refractivity contribution in [3.05, 3.63) is 0 Å². The van der Waals surface area contributed by atoms with Gasteiger partial charge in [-0.05, 0) is 19.3 Å². The van der Waals surface area contributed by atoms with Gasteiger partial charge in [0.05, 0.1) is 13.0 Å². The average molecular weight is 403 g/mol. The number of aliphatic carboxylic acids is 1. The van der Waals surface area contributed by atoms with Crippen LogP contribution in [0.5, 0.6) is 0 Å². The van der Waals surface area contributed by atoms with Gasteiger partial charge in [0.25, 0.3) is 0 Å². The third kappa shape index (κ3) is 9.28. The Hall–Kier alpha value is -2.73. The van der Waals surface area contributed by atoms with E-state index in [1.54, 1.807) is 13.8 Å². The van der Waals surface area contributed by atoms with Crippen molar-refractivity contribution in [2.75, 3.05) is 6.61 Å². The first-order valence-corrected chi connectivity index (χ1v) is 8.67. The Bertz CT molecular complexity index is 596. The maximum absolute atomic E-state index is 12.4. The topological polar surface area (TPSA) is 214 Å². The molecule has 0 radical (unpaired) electrons. The van der Waals surface area contributed by atoms with E-state index < -0.39 is 66.8 Å². The smallest absolute Gasteiger partial charge is 0.326 e. The molecule has 0 saturated heterocycles. The van der Waals surface area contributed by atoms with Gasteiger partial charge < -0.3 is 37.6 Å². The summed E-state index contributed by atoms with van der Waals surface area (Å²) < 4.78 is 0. The van der Waals surface area contributed by atoms with Crippen molar-refractivity contribution >= 4 is 29.6 Å². The SMILES string of the molecule is CC(C)C[C@H](NC(=O)[C@H](C)NC(=O)[C@@H](N)CO)C(=O)N[C@@H](CC(N)=O)C(=O)O. The maximum atomic E-state index is 12.4. The first-order valence-electron chi connectivity index (χ1n) is 8.67. The van der Waals surface area contributed by atoms with Crippen LogP contribution in [0.25, 0.3) is 0 Å². The van der Waals surface area contributed by atoms with Crippen molar-refractivity contribution in [1.82, 2.24) is 16.0 Å². The summed E-state index contributed by atoms with van der Waals surface area (Å²) in [6, 6.07) is -4.90. The number of aliphatic hydroxyl groups excluding tert-OH is 1. The Balaban J connectivity index is 5.12. The number of amides is 4. The van der Waals surface area contributed by atoms with Gasteiger partial charge in [-0.3, -0.25) is 19.2 Å². The van der Waals surface area contributed by atoms with Gasteiger partial charge in [-0.1, -0.05) is 13.8 Å². The van der Waals surface area contributed by atoms with Crippen molar-refractivity contribution in [2.45, 2.75) is 57.8 Å². The van der Waals surface area contributed by atoms with Crippen LogP contribution in [0, 0.1) is 5.92 Å². The second kappa shape index (κ2) is 11.9. The predicted octanol–water partition coefficient (Wildman–Crippen LogP) is -3.21. The molecule has 0 aliphatic heterocycles. The van der Waals surface area contributed by atoms with Gasteiger partial charge in [-0.25, -0.2) is 4.79 Å². The highest BCUT2D eigenvalue weighted by Gasteiger charge is 2.29. The van der Waals surface area contributed by atoms with E-state index in [0.29, 0.717) is 0 Å². The van der Waals surface area contributed by atoms with Crippen LogP contribution in [-0.2, 0) is 24.0 Å². The number of rotatable bonds is 12. The highest BCUT2D eigenvalue weighted by Crippen LogP contribution is 2.06. The van der Waals surface area contributed by atoms with Gasteiger partial charge in [-0.15, -0.1) is 0 Å². The van der Waals surface area contributed by atoms with Gasteiger partial charge in [0, 0.05) is 0 Å². The van der Waals surface area contributed by atoms with Crippen LogP contribution in [-0.4, -0.2) is 70.6 Å². The lowest BCUT2D eigenvalue weighted by atomic mass is 10.0. The summed E-state index contributed by atoms with van der Waals surface area (Å²) in [5.74, 6) is -4.65. The molecule has 4 atom stereocenters. The summed E-state index contributed by atoms with van der Waals surface area (Å²) in [5.41, 5.74) is 10.3. The van der Waals surface area contributed by atoms with Crippen LogP contribution >= 0.6 is 0 Å². The van der Waals surface area contributed by atoms with Crippen molar-refractivity contribution in [3.63, 3.8) is 0 Å². The quantitative estimate of drug-likeness (QED) is 0.175. The van der Waals surface area contributed by atoms with Gasteiger partial charge in [0.2, 0.25) is 23.6 Å². The van der Waals surface area contributed by atoms with Crippen LogP contribution in [0.4, 0.5) is 0 Å². The second-order valence-corrected chi connectivity index (χ2v) is 6.78. The number of primary amides is 1. The molecule has 0 fully saturated rings. The lowest BCUT2D eigenvalue weighted by Crippen LogP contribution is -2.57. The molecule has 9 N–H and O–H groups in total. The minimum Gasteiger partial charge on any atom is -0.480 e. The van der Waals surface area contributed by atoms with Gasteiger partial charge in [-0.2, -0.15) is 0 Å². The van der Waals surface area contributed by atoms with Crippen LogP contribution in [0.2, 0.25) is 0 Å². The Morgan fingerprint density at radius 3 is 1.86 bits per heavy atom. The number of hydrogen-bond acceptors (Lipinski definition) is 7. The van der Waals surface area contributed by atoms with Crippen LogP contribution < -0.4 is 27.4 Å². The molecule has 28 heavy (non-hydrogen) atoms. The van der Waals surface area contributed by atoms with E-state index in [9.17, 15) is 24.0 Å². The summed E-state index contributed by atoms with van der Waals surface area (Å²) in [6.45, 7) is 4.33. The fourth-order valence-corrected chi connectivity index (χ4v) is 2.14. The summed E-state index contributed by atoms with van der Waals surface area (Å²) in [5, 5.41) is 24.8. The van der Waals surface area contributed by atoms with Crippen molar-refractivity contribution in [2.24, 2.45) is 17.4 Å². The lowest BCUT2D eigenvalue weighted by molar-refractivity contribution is -0.143. The molecule has 4 amide bonds. The number of aliphatic hydroxyl groups is 1. The van der Waals surface area contributed by atoms with Crippen molar-refractivity contribution in [1.29, 1.82) is 0 Å². The Morgan fingerprint density at radius 1 is 0.893 bits per heavy atom. The molecule has 0 aliphatic rings. The summed E-state index contributed by atoms with van der Waals surface area (Å²) in [6.07, 6.45) is -0.424. The molecule has 0 aromatic rings. The Morgan fingerprint density at radius 2 is 1.43 bits per heavy atom. The van der Waals surface area contributed by atoms with E-state index in [-0.39, 0.29) is 12.3 Å². The molecule has 12 heteroatoms. The molecule has 0 spiro atoms. The minimum absolute atomic E-state index is 0.0387. The third-order valence-corrected chi connectivity index (χ3v) is 3.65. The molecule has 0 unspecified atom stereocenters. The summed E-state index contributed by atoms with van der Waals surface area (Å²) in [7, 11) is 0. The summed E-state index contributed by atoms with van der Waals surface area (Å²) >= 11 is 0. The Kier molecular flexibility index (Phi) is 10.7. The zero-order valence-electron chi connectivity index (χ0n) is 16.1. The number of nitrogens with one attached hydrogen (secondary N) is 3. The van der Waals surface area contributed by atoms with E-state index in [4.69, 9.17) is 21.7 Å². The van der Waals surface area contributed by atoms with Gasteiger partial charge >= 0.3 is 5.97 Å². The van der Waals surface area contributed by atoms with Gasteiger partial charge in [0.15, 0.2) is 0 Å². The van der Waals surface area contributed by atoms with Gasteiger partial charge in [0.1, 0.15) is 24.2 Å². The number of carbonyl (C=O) groups is 5. The number of nitrogens with two attached hydrogens (primary N) is 2. The zero-order chi connectivity index (χ0) is 22.0. The lowest BCUT2D eigenvalue weighted by Gasteiger charge is -2.24. The highest BCUT2D eigenvalue weighted by atomic mass is 16.4. The molecular formula is C16H29N5O7. The first kappa shape index (κ1) is 25.3. The molecule has 0 aromatic carbocycles. The molecule has 0 saturated carbocycles. The zero-order valence-corrected chi connectivity index (χ0v) is 16.1. The van der Waals surface area contributed by atoms with Crippen molar-refractivity contribution in [3.8, 4) is 0 Å². The van der Waals surface area contributed by atoms with E-state index >= 15 is 0 Å². The number of carboxylic acid groups (broad SMARTS) is 1. The van der Waals surface area contributed by atoms with Crippen LogP contribution in [0.3, 0.4) is 0 Å². The fraction of sp³-hybridized carbons (Fsp3) is 0.688. The average Bonchev–Trinajstić information content (AvgIpc) is 2.58. The second-order valence-electron chi connectivity index (χ2n) is 6.78. The first-order chi connectivity index (χ1) is 12.9. The Labute approximate surface area is 162 Å². The fourth-order valence-electron chi connectivity index (χ4n) is 2.14. The monoisotopic (exact) mass is 403 g/mol. The molecule has 0 heterocycles. The van der Waals surface area contributed by atoms with Crippen LogP contribution in [0.1, 0.15) is 33.6 Å². The minimum atomic E-state index is -1.53. The molecule has 0 aromatic heterocycles. The van der Waals surface area contributed by atoms with Crippen molar-refractivity contribution < 1.29 is 34.2 Å². The predicted molar refractivity (Wildman–Crippen MR) is 97.4 cm³/mol. The number of hydrogen-bond donors (Lipinski definition) is 7. The normalized spacial score (nSPS) is 15.1. The summed E-state index contributed by atoms with van der Waals surface area (Å²) in [4.78, 5) is 58.5. The van der Waals surface area contributed by atoms with E-state index in [2.05, 4.69) is 16.0 Å². The largest absolute Gasteiger partial charge is 0.480 e. The molecule has 0 rings (SSSR count). The third-order valence-electron chi connectivity index (χ3n) is 3.65. The molecule has 12 nitrogen and oxygen atoms in total. The van der Waals surface area contributed by atoms with E-state index in [0.717, 1.165) is 0 Å². The molecular weight excluding hydrogens is 374 g/mol. The van der Waals surface area contributed by atoms with Crippen LogP contribution in [0.15, 0.2) is 0 Å².